The minimum atomic E-state index is -4.70. The Morgan fingerprint density at radius 2 is 1.91 bits per heavy atom. The highest BCUT2D eigenvalue weighted by Gasteiger charge is 2.31. The largest absolute Gasteiger partial charge is 0.416 e. The second-order valence-electron chi connectivity index (χ2n) is 4.75. The molecule has 0 saturated carbocycles. The van der Waals surface area contributed by atoms with Crippen LogP contribution in [0.15, 0.2) is 18.2 Å². The maximum atomic E-state index is 13.4. The quantitative estimate of drug-likeness (QED) is 0.569. The molecule has 1 rings (SSSR count). The Bertz CT molecular complexity index is 576. The van der Waals surface area contributed by atoms with Gasteiger partial charge in [-0.3, -0.25) is 9.59 Å². The average molecular weight is 336 g/mol. The van der Waals surface area contributed by atoms with Crippen LogP contribution in [0.2, 0.25) is 0 Å². The molecule has 23 heavy (non-hydrogen) atoms. The van der Waals surface area contributed by atoms with E-state index in [1.54, 1.807) is 12.2 Å². The van der Waals surface area contributed by atoms with E-state index in [1.165, 1.54) is 0 Å². The Balaban J connectivity index is 2.68. The number of nitrogens with one attached hydrogen (secondary N) is 2. The van der Waals surface area contributed by atoms with Gasteiger partial charge in [-0.2, -0.15) is 13.2 Å². The van der Waals surface area contributed by atoms with Crippen molar-refractivity contribution in [1.82, 2.24) is 5.32 Å². The highest BCUT2D eigenvalue weighted by molar-refractivity contribution is 6.39. The smallest absolute Gasteiger partial charge is 0.393 e. The molecule has 0 aromatic heterocycles. The third-order valence-corrected chi connectivity index (χ3v) is 2.98. The number of carbonyl (C=O) groups excluding carboxylic acids is 2. The molecule has 0 aliphatic heterocycles. The Labute approximate surface area is 129 Å². The number of halogens is 4. The van der Waals surface area contributed by atoms with Gasteiger partial charge in [-0.05, 0) is 31.0 Å². The molecule has 1 atom stereocenters. The third-order valence-electron chi connectivity index (χ3n) is 2.98. The van der Waals surface area contributed by atoms with Crippen molar-refractivity contribution in [2.45, 2.75) is 32.0 Å². The summed E-state index contributed by atoms with van der Waals surface area (Å²) in [5.41, 5.74) is -1.89. The van der Waals surface area contributed by atoms with Crippen molar-refractivity contribution in [3.05, 3.63) is 29.6 Å². The van der Waals surface area contributed by atoms with Crippen LogP contribution < -0.4 is 10.6 Å². The monoisotopic (exact) mass is 336 g/mol. The van der Waals surface area contributed by atoms with Crippen LogP contribution >= 0.6 is 0 Å². The Morgan fingerprint density at radius 3 is 2.48 bits per heavy atom. The Kier molecular flexibility index (Phi) is 6.49. The van der Waals surface area contributed by atoms with Crippen LogP contribution in [0.5, 0.6) is 0 Å². The summed E-state index contributed by atoms with van der Waals surface area (Å²) in [6, 6.07) is 1.48. The molecule has 9 heteroatoms. The molecule has 1 aromatic carbocycles. The minimum absolute atomic E-state index is 0.00628. The number of hydrogen-bond acceptors (Lipinski definition) is 3. The summed E-state index contributed by atoms with van der Waals surface area (Å²) in [6.45, 7) is 1.74. The first-order valence-corrected chi connectivity index (χ1v) is 6.79. The van der Waals surface area contributed by atoms with Crippen molar-refractivity contribution in [3.63, 3.8) is 0 Å². The van der Waals surface area contributed by atoms with E-state index in [2.05, 4.69) is 5.32 Å². The normalized spacial score (nSPS) is 12.6. The van der Waals surface area contributed by atoms with Crippen LogP contribution in [0.1, 0.15) is 25.3 Å². The predicted octanol–water partition coefficient (Wildman–Crippen LogP) is 2.06. The highest BCUT2D eigenvalue weighted by Crippen LogP contribution is 2.31. The van der Waals surface area contributed by atoms with Crippen molar-refractivity contribution in [3.8, 4) is 0 Å². The lowest BCUT2D eigenvalue weighted by Gasteiger charge is -2.11. The van der Waals surface area contributed by atoms with E-state index < -0.39 is 41.2 Å². The van der Waals surface area contributed by atoms with Gasteiger partial charge in [0.25, 0.3) is 0 Å². The van der Waals surface area contributed by atoms with Gasteiger partial charge in [0.2, 0.25) is 0 Å². The van der Waals surface area contributed by atoms with Crippen LogP contribution in [0, 0.1) is 5.82 Å². The summed E-state index contributed by atoms with van der Waals surface area (Å²) >= 11 is 0. The molecule has 2 amide bonds. The molecule has 128 valence electrons. The third kappa shape index (κ3) is 5.85. The van der Waals surface area contributed by atoms with Crippen LogP contribution in [-0.2, 0) is 15.8 Å². The van der Waals surface area contributed by atoms with Crippen molar-refractivity contribution in [2.75, 3.05) is 11.9 Å². The average Bonchev–Trinajstić information content (AvgIpc) is 2.47. The molecule has 0 radical (unpaired) electrons. The van der Waals surface area contributed by atoms with Gasteiger partial charge >= 0.3 is 18.0 Å². The van der Waals surface area contributed by atoms with Gasteiger partial charge in [-0.1, -0.05) is 6.92 Å². The van der Waals surface area contributed by atoms with Crippen LogP contribution in [0.3, 0.4) is 0 Å². The zero-order chi connectivity index (χ0) is 17.6. The summed E-state index contributed by atoms with van der Waals surface area (Å²) in [7, 11) is 0. The number of carbonyl (C=O) groups is 2. The number of rotatable bonds is 5. The van der Waals surface area contributed by atoms with Gasteiger partial charge in [-0.25, -0.2) is 4.39 Å². The second kappa shape index (κ2) is 7.91. The van der Waals surface area contributed by atoms with Crippen LogP contribution in [0.4, 0.5) is 23.2 Å². The molecule has 5 nitrogen and oxygen atoms in total. The zero-order valence-corrected chi connectivity index (χ0v) is 12.2. The lowest BCUT2D eigenvalue weighted by atomic mass is 10.2. The molecular weight excluding hydrogens is 320 g/mol. The van der Waals surface area contributed by atoms with Crippen molar-refractivity contribution < 1.29 is 32.3 Å². The molecule has 0 bridgehead atoms. The first kappa shape index (κ1) is 18.9. The summed E-state index contributed by atoms with van der Waals surface area (Å²) in [4.78, 5) is 23.0. The molecule has 3 N–H and O–H groups in total. The summed E-state index contributed by atoms with van der Waals surface area (Å²) in [6.07, 6.45) is -4.66. The minimum Gasteiger partial charge on any atom is -0.393 e. The second-order valence-corrected chi connectivity index (χ2v) is 4.75. The lowest BCUT2D eigenvalue weighted by Crippen LogP contribution is -2.37. The van der Waals surface area contributed by atoms with Gasteiger partial charge in [0, 0.05) is 6.54 Å². The molecule has 0 fully saturated rings. The lowest BCUT2D eigenvalue weighted by molar-refractivity contribution is -0.137. The van der Waals surface area contributed by atoms with Crippen molar-refractivity contribution in [2.24, 2.45) is 0 Å². The number of benzene rings is 1. The van der Waals surface area contributed by atoms with E-state index in [9.17, 15) is 32.3 Å². The number of hydrogen-bond donors (Lipinski definition) is 3. The Hall–Kier alpha value is -2.16. The molecule has 0 spiro atoms. The number of anilines is 1. The van der Waals surface area contributed by atoms with Gasteiger partial charge in [0.1, 0.15) is 5.82 Å². The fraction of sp³-hybridized carbons (Fsp3) is 0.429. The molecule has 0 heterocycles. The van der Waals surface area contributed by atoms with Crippen LogP contribution in [-0.4, -0.2) is 29.6 Å². The molecule has 0 aliphatic carbocycles. The molecule has 1 unspecified atom stereocenters. The predicted molar refractivity (Wildman–Crippen MR) is 74.0 cm³/mol. The number of amides is 2. The van der Waals surface area contributed by atoms with Gasteiger partial charge in [-0.15, -0.1) is 0 Å². The van der Waals surface area contributed by atoms with Gasteiger partial charge in [0.05, 0.1) is 17.4 Å². The molecule has 0 aliphatic rings. The fourth-order valence-corrected chi connectivity index (χ4v) is 1.61. The fourth-order valence-electron chi connectivity index (χ4n) is 1.61. The van der Waals surface area contributed by atoms with E-state index in [4.69, 9.17) is 0 Å². The SMILES string of the molecule is CCC(O)CCNC(=O)C(=O)Nc1cc(C(F)(F)F)ccc1F. The zero-order valence-electron chi connectivity index (χ0n) is 12.2. The molecule has 1 aromatic rings. The van der Waals surface area contributed by atoms with E-state index >= 15 is 0 Å². The number of alkyl halides is 3. The standard InChI is InChI=1S/C14H16F4N2O3/c1-2-9(21)5-6-19-12(22)13(23)20-11-7-8(14(16,17)18)3-4-10(11)15/h3-4,7,9,21H,2,5-6H2,1H3,(H,19,22)(H,20,23). The van der Waals surface area contributed by atoms with Crippen molar-refractivity contribution >= 4 is 17.5 Å². The van der Waals surface area contributed by atoms with E-state index in [1.807, 2.05) is 0 Å². The highest BCUT2D eigenvalue weighted by atomic mass is 19.4. The van der Waals surface area contributed by atoms with E-state index in [0.29, 0.717) is 24.6 Å². The number of aliphatic hydroxyl groups is 1. The number of aliphatic hydroxyl groups excluding tert-OH is 1. The van der Waals surface area contributed by atoms with Crippen molar-refractivity contribution in [1.29, 1.82) is 0 Å². The summed E-state index contributed by atoms with van der Waals surface area (Å²) in [5.74, 6) is -3.53. The van der Waals surface area contributed by atoms with E-state index in [-0.39, 0.29) is 13.0 Å². The first-order chi connectivity index (χ1) is 10.6. The Morgan fingerprint density at radius 1 is 1.26 bits per heavy atom. The van der Waals surface area contributed by atoms with Crippen LogP contribution in [0.25, 0.3) is 0 Å². The van der Waals surface area contributed by atoms with Gasteiger partial charge in [0.15, 0.2) is 0 Å². The topological polar surface area (TPSA) is 78.4 Å². The first-order valence-electron chi connectivity index (χ1n) is 6.79. The summed E-state index contributed by atoms with van der Waals surface area (Å²) < 4.78 is 51.0. The van der Waals surface area contributed by atoms with E-state index in [0.717, 1.165) is 0 Å². The molecule has 0 saturated heterocycles. The maximum absolute atomic E-state index is 13.4. The summed E-state index contributed by atoms with van der Waals surface area (Å²) in [5, 5.41) is 13.2. The molecular formula is C14H16F4N2O3. The van der Waals surface area contributed by atoms with Gasteiger partial charge < -0.3 is 15.7 Å². The maximum Gasteiger partial charge on any atom is 0.416 e.